The van der Waals surface area contributed by atoms with Crippen molar-refractivity contribution in [1.82, 2.24) is 0 Å². The van der Waals surface area contributed by atoms with Crippen molar-refractivity contribution in [3.8, 4) is 0 Å². The summed E-state index contributed by atoms with van der Waals surface area (Å²) in [6, 6.07) is 13.3. The Morgan fingerprint density at radius 1 is 1.11 bits per heavy atom. The first kappa shape index (κ1) is 13.6. The summed E-state index contributed by atoms with van der Waals surface area (Å²) in [5.74, 6) is -0.224. The minimum absolute atomic E-state index is 0.224. The molecule has 0 aliphatic rings. The van der Waals surface area contributed by atoms with Crippen LogP contribution in [-0.2, 0) is 13.1 Å². The number of nitrogens with two attached hydrogens (primary N) is 1. The number of benzene rings is 2. The largest absolute Gasteiger partial charge is 0.368 e. The zero-order valence-corrected chi connectivity index (χ0v) is 11.4. The van der Waals surface area contributed by atoms with E-state index in [1.54, 1.807) is 6.07 Å². The molecular weight excluding hydrogens is 239 g/mol. The van der Waals surface area contributed by atoms with E-state index in [4.69, 9.17) is 5.73 Å². The van der Waals surface area contributed by atoms with E-state index in [2.05, 4.69) is 31.2 Å². The van der Waals surface area contributed by atoms with Crippen LogP contribution in [0.15, 0.2) is 42.5 Å². The maximum absolute atomic E-state index is 14.0. The third kappa shape index (κ3) is 3.12. The molecule has 0 saturated carbocycles. The third-order valence-corrected chi connectivity index (χ3v) is 3.21. The molecule has 2 nitrogen and oxygen atoms in total. The first-order valence-electron chi connectivity index (χ1n) is 6.36. The van der Waals surface area contributed by atoms with E-state index in [0.717, 1.165) is 11.1 Å². The molecule has 2 aromatic rings. The predicted molar refractivity (Wildman–Crippen MR) is 77.6 cm³/mol. The van der Waals surface area contributed by atoms with Crippen LogP contribution in [0.1, 0.15) is 16.7 Å². The molecule has 0 saturated heterocycles. The Balaban J connectivity index is 2.24. The fourth-order valence-electron chi connectivity index (χ4n) is 2.20. The lowest BCUT2D eigenvalue weighted by Gasteiger charge is -2.23. The maximum Gasteiger partial charge on any atom is 0.146 e. The highest BCUT2D eigenvalue weighted by molar-refractivity contribution is 5.54. The van der Waals surface area contributed by atoms with Crippen LogP contribution >= 0.6 is 0 Å². The van der Waals surface area contributed by atoms with Gasteiger partial charge in [0.15, 0.2) is 0 Å². The van der Waals surface area contributed by atoms with Crippen LogP contribution in [0, 0.1) is 12.7 Å². The molecule has 0 amide bonds. The summed E-state index contributed by atoms with van der Waals surface area (Å²) in [7, 11) is 1.89. The van der Waals surface area contributed by atoms with Crippen molar-refractivity contribution in [3.63, 3.8) is 0 Å². The average molecular weight is 258 g/mol. The molecule has 3 heteroatoms. The van der Waals surface area contributed by atoms with Crippen LogP contribution < -0.4 is 10.6 Å². The fourth-order valence-corrected chi connectivity index (χ4v) is 2.20. The van der Waals surface area contributed by atoms with Crippen molar-refractivity contribution in [3.05, 3.63) is 65.0 Å². The Labute approximate surface area is 113 Å². The molecule has 100 valence electrons. The highest BCUT2D eigenvalue weighted by Gasteiger charge is 2.12. The quantitative estimate of drug-likeness (QED) is 0.912. The Kier molecular flexibility index (Phi) is 4.17. The Bertz CT molecular complexity index is 549. The van der Waals surface area contributed by atoms with Crippen molar-refractivity contribution in [1.29, 1.82) is 0 Å². The molecule has 0 aromatic heterocycles. The van der Waals surface area contributed by atoms with Crippen LogP contribution in [0.25, 0.3) is 0 Å². The zero-order chi connectivity index (χ0) is 13.8. The summed E-state index contributed by atoms with van der Waals surface area (Å²) in [5.41, 5.74) is 9.47. The molecule has 0 radical (unpaired) electrons. The molecule has 0 atom stereocenters. The number of para-hydroxylation sites is 1. The van der Waals surface area contributed by atoms with E-state index in [1.807, 2.05) is 18.0 Å². The van der Waals surface area contributed by atoms with E-state index >= 15 is 0 Å². The lowest BCUT2D eigenvalue weighted by Crippen LogP contribution is -2.20. The van der Waals surface area contributed by atoms with Gasteiger partial charge in [0.2, 0.25) is 0 Å². The third-order valence-electron chi connectivity index (χ3n) is 3.21. The van der Waals surface area contributed by atoms with Gasteiger partial charge in [-0.05, 0) is 24.1 Å². The summed E-state index contributed by atoms with van der Waals surface area (Å²) in [5, 5.41) is 0. The van der Waals surface area contributed by atoms with Crippen LogP contribution in [-0.4, -0.2) is 7.05 Å². The Morgan fingerprint density at radius 3 is 2.42 bits per heavy atom. The molecule has 0 aliphatic carbocycles. The highest BCUT2D eigenvalue weighted by atomic mass is 19.1. The van der Waals surface area contributed by atoms with Crippen molar-refractivity contribution in [2.24, 2.45) is 5.73 Å². The van der Waals surface area contributed by atoms with Crippen LogP contribution in [0.4, 0.5) is 10.1 Å². The number of anilines is 1. The summed E-state index contributed by atoms with van der Waals surface area (Å²) in [6.07, 6.45) is 0. The highest BCUT2D eigenvalue weighted by Crippen LogP contribution is 2.24. The van der Waals surface area contributed by atoms with Crippen LogP contribution in [0.3, 0.4) is 0 Å². The van der Waals surface area contributed by atoms with E-state index < -0.39 is 0 Å². The molecule has 0 spiro atoms. The van der Waals surface area contributed by atoms with Crippen LogP contribution in [0.2, 0.25) is 0 Å². The standard InChI is InChI=1S/C16H19FN2/c1-12-6-8-13(9-7-12)11-19(2)16-14(10-18)4-3-5-15(16)17/h3-9H,10-11,18H2,1-2H3. The molecule has 2 aromatic carbocycles. The molecule has 0 aliphatic heterocycles. The summed E-state index contributed by atoms with van der Waals surface area (Å²) < 4.78 is 14.0. The monoisotopic (exact) mass is 258 g/mol. The van der Waals surface area contributed by atoms with Gasteiger partial charge in [-0.2, -0.15) is 0 Å². The van der Waals surface area contributed by atoms with E-state index in [9.17, 15) is 4.39 Å². The van der Waals surface area contributed by atoms with Crippen molar-refractivity contribution in [2.75, 3.05) is 11.9 Å². The number of aryl methyl sites for hydroxylation is 1. The van der Waals surface area contributed by atoms with Crippen molar-refractivity contribution < 1.29 is 4.39 Å². The Hall–Kier alpha value is -1.87. The summed E-state index contributed by atoms with van der Waals surface area (Å²) >= 11 is 0. The normalized spacial score (nSPS) is 10.5. The number of rotatable bonds is 4. The summed E-state index contributed by atoms with van der Waals surface area (Å²) in [6.45, 7) is 3.05. The molecule has 0 unspecified atom stereocenters. The lowest BCUT2D eigenvalue weighted by molar-refractivity contribution is 0.619. The van der Waals surface area contributed by atoms with Crippen molar-refractivity contribution >= 4 is 5.69 Å². The minimum Gasteiger partial charge on any atom is -0.368 e. The molecule has 2 rings (SSSR count). The second kappa shape index (κ2) is 5.85. The van der Waals surface area contributed by atoms with Gasteiger partial charge in [-0.25, -0.2) is 4.39 Å². The number of halogens is 1. The molecule has 0 bridgehead atoms. The minimum atomic E-state index is -0.224. The second-order valence-corrected chi connectivity index (χ2v) is 4.79. The maximum atomic E-state index is 14.0. The Morgan fingerprint density at radius 2 is 1.79 bits per heavy atom. The zero-order valence-electron chi connectivity index (χ0n) is 11.4. The fraction of sp³-hybridized carbons (Fsp3) is 0.250. The molecule has 0 fully saturated rings. The number of hydrogen-bond donors (Lipinski definition) is 1. The van der Waals surface area contributed by atoms with Gasteiger partial charge in [0.1, 0.15) is 5.82 Å². The SMILES string of the molecule is Cc1ccc(CN(C)c2c(F)cccc2CN)cc1. The van der Waals surface area contributed by atoms with Gasteiger partial charge >= 0.3 is 0 Å². The van der Waals surface area contributed by atoms with Gasteiger partial charge < -0.3 is 10.6 Å². The van der Waals surface area contributed by atoms with Gasteiger partial charge in [0.05, 0.1) is 5.69 Å². The van der Waals surface area contributed by atoms with Gasteiger partial charge in [-0.15, -0.1) is 0 Å². The smallest absolute Gasteiger partial charge is 0.146 e. The molecule has 0 heterocycles. The van der Waals surface area contributed by atoms with Gasteiger partial charge in [-0.3, -0.25) is 0 Å². The average Bonchev–Trinajstić information content (AvgIpc) is 2.40. The lowest BCUT2D eigenvalue weighted by atomic mass is 10.1. The van der Waals surface area contributed by atoms with Gasteiger partial charge in [0.25, 0.3) is 0 Å². The van der Waals surface area contributed by atoms with E-state index in [1.165, 1.54) is 11.6 Å². The summed E-state index contributed by atoms with van der Waals surface area (Å²) in [4.78, 5) is 1.90. The first-order valence-corrected chi connectivity index (χ1v) is 6.36. The predicted octanol–water partition coefficient (Wildman–Crippen LogP) is 3.23. The van der Waals surface area contributed by atoms with Gasteiger partial charge in [0, 0.05) is 20.1 Å². The molecular formula is C16H19FN2. The number of hydrogen-bond acceptors (Lipinski definition) is 2. The topological polar surface area (TPSA) is 29.3 Å². The first-order chi connectivity index (χ1) is 9.11. The van der Waals surface area contributed by atoms with Gasteiger partial charge in [-0.1, -0.05) is 42.0 Å². The molecule has 19 heavy (non-hydrogen) atoms. The van der Waals surface area contributed by atoms with E-state index in [-0.39, 0.29) is 5.82 Å². The second-order valence-electron chi connectivity index (χ2n) is 4.79. The van der Waals surface area contributed by atoms with Crippen LogP contribution in [0.5, 0.6) is 0 Å². The number of nitrogens with zero attached hydrogens (tertiary/aromatic N) is 1. The molecule has 2 N–H and O–H groups in total. The van der Waals surface area contributed by atoms with Crippen molar-refractivity contribution in [2.45, 2.75) is 20.0 Å². The van der Waals surface area contributed by atoms with E-state index in [0.29, 0.717) is 18.8 Å².